The van der Waals surface area contributed by atoms with Crippen molar-refractivity contribution in [3.8, 4) is 17.2 Å². The third kappa shape index (κ3) is 7.21. The second kappa shape index (κ2) is 13.4. The number of aryl methyl sites for hydroxylation is 1. The number of unbranched alkanes of at least 4 members (excludes halogenated alkanes) is 1. The maximum Gasteiger partial charge on any atom is 0.243 e. The van der Waals surface area contributed by atoms with E-state index in [0.29, 0.717) is 48.8 Å². The molecule has 1 saturated heterocycles. The van der Waals surface area contributed by atoms with Crippen LogP contribution in [0.5, 0.6) is 11.5 Å². The number of para-hydroxylation sites is 1. The van der Waals surface area contributed by atoms with Crippen LogP contribution in [-0.4, -0.2) is 89.6 Å². The monoisotopic (exact) mass is 593 g/mol. The highest BCUT2D eigenvalue weighted by molar-refractivity contribution is 7.93. The number of sulfonamides is 1. The number of rotatable bonds is 13. The highest BCUT2D eigenvalue weighted by Gasteiger charge is 2.38. The van der Waals surface area contributed by atoms with Gasteiger partial charge in [-0.25, -0.2) is 22.8 Å². The maximum absolute atomic E-state index is 13.9. The molecule has 0 radical (unpaired) electrons. The second-order valence-corrected chi connectivity index (χ2v) is 11.8. The highest BCUT2D eigenvalue weighted by atomic mass is 32.2. The fraction of sp³-hybridized carbons (Fsp3) is 0.538. The molecule has 1 aliphatic rings. The van der Waals surface area contributed by atoms with E-state index >= 15 is 0 Å². The zero-order chi connectivity index (χ0) is 29.6. The Balaban J connectivity index is 1.71. The average Bonchev–Trinajstić information content (AvgIpc) is 3.33. The first kappa shape index (κ1) is 30.4. The molecular formula is C26H36FN7O6S. The molecule has 0 saturated carbocycles. The molecule has 3 aromatic rings. The molecule has 2 N–H and O–H groups in total. The van der Waals surface area contributed by atoms with Gasteiger partial charge >= 0.3 is 0 Å². The van der Waals surface area contributed by atoms with Crippen molar-refractivity contribution >= 4 is 21.9 Å². The summed E-state index contributed by atoms with van der Waals surface area (Å²) >= 11 is 0. The SMILES string of the molecule is COc1cccc(OC)c1-n1c(CCCCO)nnc1NS(=O)(=O)[C@H]1C[C@@H](OC(C)C)CN(c2ncc(F)cn2)C1. The fourth-order valence-corrected chi connectivity index (χ4v) is 6.18. The molecule has 0 unspecified atom stereocenters. The molecule has 0 spiro atoms. The average molecular weight is 594 g/mol. The summed E-state index contributed by atoms with van der Waals surface area (Å²) in [5.41, 5.74) is 0.435. The number of anilines is 2. The number of aromatic nitrogens is 5. The Morgan fingerprint density at radius 1 is 1.10 bits per heavy atom. The standard InChI is InChI=1S/C26H36FN7O6S/c1-17(2)40-19-12-20(16-33(15-19)25-28-13-18(27)14-29-25)41(36,37)32-26-31-30-23(10-5-6-11-35)34(26)24-21(38-3)8-7-9-22(24)39-4/h7-9,13-14,17,19-20,35H,5-6,10-12,15-16H2,1-4H3,(H,31,32)/t19-,20+/m1/s1. The quantitative estimate of drug-likeness (QED) is 0.281. The molecule has 4 rings (SSSR count). The lowest BCUT2D eigenvalue weighted by Crippen LogP contribution is -2.51. The van der Waals surface area contributed by atoms with Gasteiger partial charge in [0, 0.05) is 26.1 Å². The Morgan fingerprint density at radius 3 is 2.39 bits per heavy atom. The molecule has 1 fully saturated rings. The second-order valence-electron chi connectivity index (χ2n) is 9.88. The number of benzene rings is 1. The zero-order valence-corrected chi connectivity index (χ0v) is 24.3. The lowest BCUT2D eigenvalue weighted by atomic mass is 10.1. The van der Waals surface area contributed by atoms with Crippen LogP contribution >= 0.6 is 0 Å². The minimum absolute atomic E-state index is 0.0150. The van der Waals surface area contributed by atoms with Gasteiger partial charge in [0.15, 0.2) is 5.82 Å². The Bertz CT molecular complexity index is 1380. The molecule has 13 nitrogen and oxygen atoms in total. The van der Waals surface area contributed by atoms with Crippen molar-refractivity contribution in [2.45, 2.75) is 57.0 Å². The number of ether oxygens (including phenoxy) is 3. The normalized spacial score (nSPS) is 17.6. The van der Waals surface area contributed by atoms with E-state index in [1.807, 2.05) is 13.8 Å². The number of nitrogens with zero attached hydrogens (tertiary/aromatic N) is 6. The lowest BCUT2D eigenvalue weighted by Gasteiger charge is -2.37. The van der Waals surface area contributed by atoms with Crippen LogP contribution in [0.3, 0.4) is 0 Å². The Kier molecular flexibility index (Phi) is 9.94. The van der Waals surface area contributed by atoms with E-state index in [1.54, 1.807) is 27.7 Å². The molecule has 2 aromatic heterocycles. The molecule has 0 bridgehead atoms. The molecule has 0 aliphatic carbocycles. The summed E-state index contributed by atoms with van der Waals surface area (Å²) in [6, 6.07) is 5.20. The minimum Gasteiger partial charge on any atom is -0.494 e. The van der Waals surface area contributed by atoms with Gasteiger partial charge in [0.25, 0.3) is 0 Å². The van der Waals surface area contributed by atoms with Crippen LogP contribution in [0, 0.1) is 5.82 Å². The van der Waals surface area contributed by atoms with E-state index in [1.165, 1.54) is 14.2 Å². The summed E-state index contributed by atoms with van der Waals surface area (Å²) in [7, 11) is -1.08. The number of halogens is 1. The van der Waals surface area contributed by atoms with Crippen LogP contribution < -0.4 is 19.1 Å². The third-order valence-electron chi connectivity index (χ3n) is 6.56. The van der Waals surface area contributed by atoms with E-state index < -0.39 is 27.2 Å². The molecule has 224 valence electrons. The molecule has 2 atom stereocenters. The molecular weight excluding hydrogens is 557 g/mol. The zero-order valence-electron chi connectivity index (χ0n) is 23.5. The topological polar surface area (TPSA) is 154 Å². The van der Waals surface area contributed by atoms with Gasteiger partial charge in [-0.15, -0.1) is 10.2 Å². The first-order valence-corrected chi connectivity index (χ1v) is 14.9. The van der Waals surface area contributed by atoms with E-state index in [9.17, 15) is 17.9 Å². The van der Waals surface area contributed by atoms with Crippen molar-refractivity contribution in [1.29, 1.82) is 0 Å². The lowest BCUT2D eigenvalue weighted by molar-refractivity contribution is 0.00147. The molecule has 0 amide bonds. The molecule has 15 heteroatoms. The number of aliphatic hydroxyl groups is 1. The van der Waals surface area contributed by atoms with Gasteiger partial charge < -0.3 is 24.2 Å². The van der Waals surface area contributed by atoms with Gasteiger partial charge in [-0.1, -0.05) is 6.07 Å². The van der Waals surface area contributed by atoms with Crippen molar-refractivity contribution < 1.29 is 32.1 Å². The molecule has 41 heavy (non-hydrogen) atoms. The minimum atomic E-state index is -4.08. The number of hydrogen-bond donors (Lipinski definition) is 2. The Morgan fingerprint density at radius 2 is 1.78 bits per heavy atom. The smallest absolute Gasteiger partial charge is 0.243 e. The number of hydrogen-bond acceptors (Lipinski definition) is 11. The first-order chi connectivity index (χ1) is 19.7. The predicted octanol–water partition coefficient (Wildman–Crippen LogP) is 2.34. The fourth-order valence-electron chi connectivity index (χ4n) is 4.79. The summed E-state index contributed by atoms with van der Waals surface area (Å²) in [6.45, 7) is 4.15. The van der Waals surface area contributed by atoms with Crippen molar-refractivity contribution in [3.05, 3.63) is 42.2 Å². The van der Waals surface area contributed by atoms with Crippen LogP contribution in [0.2, 0.25) is 0 Å². The number of aliphatic hydroxyl groups excluding tert-OH is 1. The number of methoxy groups -OCH3 is 2. The summed E-state index contributed by atoms with van der Waals surface area (Å²) in [5, 5.41) is 16.8. The first-order valence-electron chi connectivity index (χ1n) is 13.3. The van der Waals surface area contributed by atoms with E-state index in [0.717, 1.165) is 12.4 Å². The van der Waals surface area contributed by atoms with Crippen LogP contribution in [0.1, 0.15) is 38.9 Å². The predicted molar refractivity (Wildman–Crippen MR) is 150 cm³/mol. The summed E-state index contributed by atoms with van der Waals surface area (Å²) in [5.74, 6) is 0.892. The van der Waals surface area contributed by atoms with Crippen molar-refractivity contribution in [3.63, 3.8) is 0 Å². The van der Waals surface area contributed by atoms with Gasteiger partial charge in [0.05, 0.1) is 38.8 Å². The van der Waals surface area contributed by atoms with E-state index in [2.05, 4.69) is 24.9 Å². The highest BCUT2D eigenvalue weighted by Crippen LogP contribution is 2.36. The van der Waals surface area contributed by atoms with Crippen LogP contribution in [0.15, 0.2) is 30.6 Å². The number of nitrogens with one attached hydrogen (secondary N) is 1. The largest absolute Gasteiger partial charge is 0.494 e. The van der Waals surface area contributed by atoms with Crippen LogP contribution in [0.25, 0.3) is 5.69 Å². The summed E-state index contributed by atoms with van der Waals surface area (Å²) in [4.78, 5) is 9.76. The van der Waals surface area contributed by atoms with Gasteiger partial charge in [-0.05, 0) is 45.2 Å². The molecule has 1 aliphatic heterocycles. The van der Waals surface area contributed by atoms with E-state index in [4.69, 9.17) is 14.2 Å². The maximum atomic E-state index is 13.9. The van der Waals surface area contributed by atoms with Crippen molar-refractivity contribution in [2.75, 3.05) is 43.5 Å². The van der Waals surface area contributed by atoms with Gasteiger partial charge in [-0.3, -0.25) is 9.29 Å². The van der Waals surface area contributed by atoms with Gasteiger partial charge in [-0.2, -0.15) is 0 Å². The summed E-state index contributed by atoms with van der Waals surface area (Å²) < 4.78 is 62.7. The number of piperidine rings is 1. The Labute approximate surface area is 238 Å². The van der Waals surface area contributed by atoms with Gasteiger partial charge in [0.1, 0.15) is 28.3 Å². The molecule has 3 heterocycles. The van der Waals surface area contributed by atoms with Crippen molar-refractivity contribution in [2.24, 2.45) is 0 Å². The van der Waals surface area contributed by atoms with Crippen molar-refractivity contribution in [1.82, 2.24) is 24.7 Å². The Hall–Kier alpha value is -3.56. The van der Waals surface area contributed by atoms with E-state index in [-0.39, 0.29) is 37.6 Å². The molecule has 1 aromatic carbocycles. The third-order valence-corrected chi connectivity index (χ3v) is 8.25. The van der Waals surface area contributed by atoms with Gasteiger partial charge in [0.2, 0.25) is 21.9 Å². The summed E-state index contributed by atoms with van der Waals surface area (Å²) in [6.07, 6.45) is 3.25. The van der Waals surface area contributed by atoms with Crippen LogP contribution in [0.4, 0.5) is 16.3 Å². The van der Waals surface area contributed by atoms with Crippen LogP contribution in [-0.2, 0) is 21.2 Å².